The van der Waals surface area contributed by atoms with Gasteiger partial charge in [-0.2, -0.15) is 0 Å². The summed E-state index contributed by atoms with van der Waals surface area (Å²) in [5.74, 6) is 0. The molecule has 1 aromatic heterocycles. The molecule has 3 nitrogen and oxygen atoms in total. The number of nitrogens with one attached hydrogen (secondary N) is 1. The Morgan fingerprint density at radius 3 is 2.90 bits per heavy atom. The van der Waals surface area contributed by atoms with Crippen LogP contribution in [-0.2, 0) is 6.54 Å². The molecular weight excluding hydrogens is 274 g/mol. The minimum atomic E-state index is -0.295. The lowest BCUT2D eigenvalue weighted by molar-refractivity contribution is 0.552. The third-order valence-electron chi connectivity index (χ3n) is 3.61. The summed E-state index contributed by atoms with van der Waals surface area (Å²) >= 11 is 6.09. The molecule has 0 atom stereocenters. The van der Waals surface area contributed by atoms with Crippen LogP contribution in [0.4, 0.5) is 5.69 Å². The number of anilines is 1. The third-order valence-corrected chi connectivity index (χ3v) is 3.85. The van der Waals surface area contributed by atoms with E-state index in [0.29, 0.717) is 22.7 Å². The van der Waals surface area contributed by atoms with Gasteiger partial charge in [0.15, 0.2) is 0 Å². The van der Waals surface area contributed by atoms with E-state index in [4.69, 9.17) is 16.0 Å². The van der Waals surface area contributed by atoms with Gasteiger partial charge in [0.25, 0.3) is 0 Å². The molecular formula is C16H10ClNO2. The van der Waals surface area contributed by atoms with Crippen LogP contribution in [0.15, 0.2) is 51.7 Å². The number of fused-ring (bicyclic) bond motifs is 5. The number of para-hydroxylation sites is 1. The Morgan fingerprint density at radius 1 is 1.15 bits per heavy atom. The molecule has 0 radical (unpaired) electrons. The van der Waals surface area contributed by atoms with Crippen LogP contribution in [0.1, 0.15) is 5.56 Å². The van der Waals surface area contributed by atoms with Crippen molar-refractivity contribution in [3.05, 3.63) is 63.5 Å². The first-order valence-electron chi connectivity index (χ1n) is 6.32. The quantitative estimate of drug-likeness (QED) is 0.633. The Labute approximate surface area is 119 Å². The van der Waals surface area contributed by atoms with Crippen LogP contribution in [0.5, 0.6) is 0 Å². The molecule has 2 heterocycles. The zero-order chi connectivity index (χ0) is 13.7. The fourth-order valence-electron chi connectivity index (χ4n) is 2.72. The Hall–Kier alpha value is -2.26. The van der Waals surface area contributed by atoms with Crippen molar-refractivity contribution in [3.63, 3.8) is 0 Å². The van der Waals surface area contributed by atoms with Gasteiger partial charge in [0, 0.05) is 33.8 Å². The standard InChI is InChI=1S/C16H10ClNO2/c17-9-5-6-14-11(7-9)15-10-3-1-2-4-13(10)18-8-12(15)16(19)20-14/h1-7,18H,8H2. The third kappa shape index (κ3) is 1.57. The molecule has 0 fully saturated rings. The summed E-state index contributed by atoms with van der Waals surface area (Å²) in [6.45, 7) is 0.469. The molecule has 4 heteroatoms. The summed E-state index contributed by atoms with van der Waals surface area (Å²) in [6, 6.07) is 13.2. The van der Waals surface area contributed by atoms with E-state index in [1.54, 1.807) is 12.1 Å². The Morgan fingerprint density at radius 2 is 2.00 bits per heavy atom. The second kappa shape index (κ2) is 4.12. The second-order valence-corrected chi connectivity index (χ2v) is 5.22. The van der Waals surface area contributed by atoms with Crippen molar-refractivity contribution < 1.29 is 4.42 Å². The van der Waals surface area contributed by atoms with Gasteiger partial charge in [-0.15, -0.1) is 0 Å². The van der Waals surface area contributed by atoms with Gasteiger partial charge in [-0.05, 0) is 24.3 Å². The van der Waals surface area contributed by atoms with E-state index in [9.17, 15) is 4.79 Å². The summed E-state index contributed by atoms with van der Waals surface area (Å²) in [6.07, 6.45) is 0. The largest absolute Gasteiger partial charge is 0.422 e. The molecule has 1 aliphatic rings. The van der Waals surface area contributed by atoms with Gasteiger partial charge in [0.1, 0.15) is 5.58 Å². The number of benzene rings is 2. The molecule has 0 saturated carbocycles. The van der Waals surface area contributed by atoms with Gasteiger partial charge in [-0.25, -0.2) is 4.79 Å². The molecule has 3 aromatic rings. The highest BCUT2D eigenvalue weighted by Crippen LogP contribution is 2.39. The van der Waals surface area contributed by atoms with Crippen molar-refractivity contribution in [2.45, 2.75) is 6.54 Å². The van der Waals surface area contributed by atoms with Gasteiger partial charge in [0.2, 0.25) is 0 Å². The molecule has 0 spiro atoms. The van der Waals surface area contributed by atoms with Crippen molar-refractivity contribution >= 4 is 28.3 Å². The van der Waals surface area contributed by atoms with E-state index in [1.807, 2.05) is 30.3 Å². The molecule has 4 rings (SSSR count). The normalized spacial score (nSPS) is 12.7. The molecule has 98 valence electrons. The van der Waals surface area contributed by atoms with Crippen LogP contribution in [0, 0.1) is 0 Å². The second-order valence-electron chi connectivity index (χ2n) is 4.78. The van der Waals surface area contributed by atoms with Gasteiger partial charge < -0.3 is 9.73 Å². The molecule has 0 bridgehead atoms. The Bertz CT molecular complexity index is 899. The van der Waals surface area contributed by atoms with E-state index in [0.717, 1.165) is 22.2 Å². The van der Waals surface area contributed by atoms with Crippen molar-refractivity contribution in [1.82, 2.24) is 0 Å². The van der Waals surface area contributed by atoms with Crippen LogP contribution >= 0.6 is 11.6 Å². The average molecular weight is 284 g/mol. The van der Waals surface area contributed by atoms with E-state index >= 15 is 0 Å². The lowest BCUT2D eigenvalue weighted by Gasteiger charge is -2.21. The molecule has 1 aliphatic heterocycles. The first kappa shape index (κ1) is 11.6. The van der Waals surface area contributed by atoms with E-state index in [1.165, 1.54) is 0 Å². The van der Waals surface area contributed by atoms with Crippen molar-refractivity contribution in [1.29, 1.82) is 0 Å². The first-order chi connectivity index (χ1) is 9.74. The van der Waals surface area contributed by atoms with Crippen LogP contribution in [0.3, 0.4) is 0 Å². The predicted octanol–water partition coefficient (Wildman–Crippen LogP) is 4.04. The van der Waals surface area contributed by atoms with Crippen LogP contribution in [0.25, 0.3) is 22.1 Å². The maximum absolute atomic E-state index is 12.1. The van der Waals surface area contributed by atoms with E-state index < -0.39 is 0 Å². The number of halogens is 1. The molecule has 1 N–H and O–H groups in total. The molecule has 0 unspecified atom stereocenters. The average Bonchev–Trinajstić information content (AvgIpc) is 2.47. The highest BCUT2D eigenvalue weighted by Gasteiger charge is 2.22. The first-order valence-corrected chi connectivity index (χ1v) is 6.70. The monoisotopic (exact) mass is 283 g/mol. The van der Waals surface area contributed by atoms with Gasteiger partial charge in [-0.3, -0.25) is 0 Å². The summed E-state index contributed by atoms with van der Waals surface area (Å²) in [5.41, 5.74) is 3.87. The minimum absolute atomic E-state index is 0.295. The number of rotatable bonds is 0. The fraction of sp³-hybridized carbons (Fsp3) is 0.0625. The van der Waals surface area contributed by atoms with Crippen molar-refractivity contribution in [2.24, 2.45) is 0 Å². The summed E-state index contributed by atoms with van der Waals surface area (Å²) < 4.78 is 5.38. The number of hydrogen-bond donors (Lipinski definition) is 1. The fourth-order valence-corrected chi connectivity index (χ4v) is 2.89. The lowest BCUT2D eigenvalue weighted by atomic mass is 9.93. The van der Waals surface area contributed by atoms with Gasteiger partial charge in [0.05, 0.1) is 5.56 Å². The maximum atomic E-state index is 12.1. The topological polar surface area (TPSA) is 42.2 Å². The molecule has 2 aromatic carbocycles. The number of hydrogen-bond acceptors (Lipinski definition) is 3. The lowest BCUT2D eigenvalue weighted by Crippen LogP contribution is -2.18. The highest BCUT2D eigenvalue weighted by atomic mass is 35.5. The van der Waals surface area contributed by atoms with Gasteiger partial charge >= 0.3 is 5.63 Å². The van der Waals surface area contributed by atoms with Crippen molar-refractivity contribution in [2.75, 3.05) is 5.32 Å². The summed E-state index contributed by atoms with van der Waals surface area (Å²) in [4.78, 5) is 12.1. The summed E-state index contributed by atoms with van der Waals surface area (Å²) in [7, 11) is 0. The summed E-state index contributed by atoms with van der Waals surface area (Å²) in [5, 5.41) is 4.75. The minimum Gasteiger partial charge on any atom is -0.422 e. The zero-order valence-electron chi connectivity index (χ0n) is 10.4. The van der Waals surface area contributed by atoms with E-state index in [-0.39, 0.29) is 5.63 Å². The van der Waals surface area contributed by atoms with Crippen molar-refractivity contribution in [3.8, 4) is 11.1 Å². The Balaban J connectivity index is 2.21. The maximum Gasteiger partial charge on any atom is 0.341 e. The van der Waals surface area contributed by atoms with Crippen LogP contribution in [-0.4, -0.2) is 0 Å². The van der Waals surface area contributed by atoms with Gasteiger partial charge in [-0.1, -0.05) is 29.8 Å². The Kier molecular flexibility index (Phi) is 2.38. The molecule has 0 amide bonds. The molecule has 0 aliphatic carbocycles. The smallest absolute Gasteiger partial charge is 0.341 e. The molecule has 20 heavy (non-hydrogen) atoms. The van der Waals surface area contributed by atoms with E-state index in [2.05, 4.69) is 5.32 Å². The predicted molar refractivity (Wildman–Crippen MR) is 80.3 cm³/mol. The van der Waals surface area contributed by atoms with Crippen LogP contribution in [0.2, 0.25) is 5.02 Å². The molecule has 0 saturated heterocycles. The highest BCUT2D eigenvalue weighted by molar-refractivity contribution is 6.31. The SMILES string of the molecule is O=c1oc2ccc(Cl)cc2c2c1CNc1ccccc1-2. The zero-order valence-corrected chi connectivity index (χ0v) is 11.2. The van der Waals surface area contributed by atoms with Crippen LogP contribution < -0.4 is 10.9 Å².